The van der Waals surface area contributed by atoms with E-state index in [0.29, 0.717) is 16.8 Å². The molecule has 1 aromatic carbocycles. The monoisotopic (exact) mass is 242 g/mol. The van der Waals surface area contributed by atoms with Crippen LogP contribution in [0.15, 0.2) is 30.6 Å². The van der Waals surface area contributed by atoms with Crippen molar-refractivity contribution in [3.05, 3.63) is 30.6 Å². The van der Waals surface area contributed by atoms with Crippen LogP contribution < -0.4 is 11.5 Å². The van der Waals surface area contributed by atoms with Crippen molar-refractivity contribution in [2.45, 2.75) is 26.3 Å². The van der Waals surface area contributed by atoms with Gasteiger partial charge in [0, 0.05) is 18.3 Å². The molecule has 2 aromatic rings. The van der Waals surface area contributed by atoms with Crippen molar-refractivity contribution in [1.82, 2.24) is 9.78 Å². The molecule has 1 saturated carbocycles. The maximum absolute atomic E-state index is 5.82. The van der Waals surface area contributed by atoms with Crippen LogP contribution in [0.4, 0.5) is 11.4 Å². The van der Waals surface area contributed by atoms with Gasteiger partial charge >= 0.3 is 0 Å². The molecule has 0 spiro atoms. The molecule has 0 saturated heterocycles. The number of nitrogens with zero attached hydrogens (tertiary/aromatic N) is 2. The van der Waals surface area contributed by atoms with E-state index in [4.69, 9.17) is 11.5 Å². The highest BCUT2D eigenvalue weighted by Crippen LogP contribution is 2.46. The van der Waals surface area contributed by atoms with Gasteiger partial charge in [-0.1, -0.05) is 13.0 Å². The molecule has 1 heterocycles. The van der Waals surface area contributed by atoms with E-state index in [1.165, 1.54) is 12.8 Å². The van der Waals surface area contributed by atoms with Crippen molar-refractivity contribution in [2.75, 3.05) is 11.5 Å². The molecule has 94 valence electrons. The summed E-state index contributed by atoms with van der Waals surface area (Å²) >= 11 is 0. The van der Waals surface area contributed by atoms with Crippen LogP contribution in [0.5, 0.6) is 0 Å². The van der Waals surface area contributed by atoms with Crippen molar-refractivity contribution in [3.8, 4) is 11.1 Å². The summed E-state index contributed by atoms with van der Waals surface area (Å²) in [6.45, 7) is 3.30. The summed E-state index contributed by atoms with van der Waals surface area (Å²) in [4.78, 5) is 0. The van der Waals surface area contributed by atoms with Gasteiger partial charge in [-0.2, -0.15) is 5.10 Å². The van der Waals surface area contributed by atoms with Crippen LogP contribution in [0, 0.1) is 5.41 Å². The van der Waals surface area contributed by atoms with Gasteiger partial charge in [0.2, 0.25) is 0 Å². The van der Waals surface area contributed by atoms with Crippen LogP contribution in [0.3, 0.4) is 0 Å². The van der Waals surface area contributed by atoms with Crippen LogP contribution in [-0.2, 0) is 6.54 Å². The molecule has 1 aliphatic rings. The number of rotatable bonds is 3. The van der Waals surface area contributed by atoms with Gasteiger partial charge in [-0.3, -0.25) is 4.68 Å². The van der Waals surface area contributed by atoms with E-state index in [1.54, 1.807) is 0 Å². The molecule has 4 N–H and O–H groups in total. The maximum atomic E-state index is 5.82. The number of nitrogen functional groups attached to an aromatic ring is 2. The fourth-order valence-corrected chi connectivity index (χ4v) is 2.12. The van der Waals surface area contributed by atoms with Crippen LogP contribution >= 0.6 is 0 Å². The van der Waals surface area contributed by atoms with Gasteiger partial charge in [0.05, 0.1) is 17.6 Å². The first-order valence-corrected chi connectivity index (χ1v) is 6.24. The number of nitrogens with two attached hydrogens (primary N) is 2. The SMILES string of the molecule is CC1(Cn2cc(-c3ccc(N)c(N)c3)cn2)CC1. The Morgan fingerprint density at radius 1 is 1.22 bits per heavy atom. The Labute approximate surface area is 107 Å². The molecule has 3 rings (SSSR count). The maximum Gasteiger partial charge on any atom is 0.0568 e. The van der Waals surface area contributed by atoms with Gasteiger partial charge < -0.3 is 11.5 Å². The van der Waals surface area contributed by atoms with E-state index in [-0.39, 0.29) is 0 Å². The molecule has 4 heteroatoms. The van der Waals surface area contributed by atoms with Gasteiger partial charge in [0.25, 0.3) is 0 Å². The topological polar surface area (TPSA) is 69.9 Å². The average molecular weight is 242 g/mol. The highest BCUT2D eigenvalue weighted by atomic mass is 15.3. The first kappa shape index (κ1) is 11.1. The van der Waals surface area contributed by atoms with Crippen LogP contribution in [0.2, 0.25) is 0 Å². The zero-order valence-corrected chi connectivity index (χ0v) is 10.6. The van der Waals surface area contributed by atoms with Gasteiger partial charge in [-0.15, -0.1) is 0 Å². The smallest absolute Gasteiger partial charge is 0.0568 e. The highest BCUT2D eigenvalue weighted by Gasteiger charge is 2.37. The van der Waals surface area contributed by atoms with Crippen molar-refractivity contribution in [1.29, 1.82) is 0 Å². The molecule has 18 heavy (non-hydrogen) atoms. The molecule has 0 aliphatic heterocycles. The molecule has 0 atom stereocenters. The van der Waals surface area contributed by atoms with Crippen LogP contribution in [0.1, 0.15) is 19.8 Å². The van der Waals surface area contributed by atoms with Gasteiger partial charge in [0.1, 0.15) is 0 Å². The minimum atomic E-state index is 0.462. The molecule has 0 unspecified atom stereocenters. The number of aromatic nitrogens is 2. The number of anilines is 2. The van der Waals surface area contributed by atoms with Crippen LogP contribution in [0.25, 0.3) is 11.1 Å². The molecule has 1 fully saturated rings. The lowest BCUT2D eigenvalue weighted by atomic mass is 10.1. The zero-order valence-electron chi connectivity index (χ0n) is 10.6. The minimum absolute atomic E-state index is 0.462. The van der Waals surface area contributed by atoms with E-state index in [0.717, 1.165) is 17.7 Å². The predicted molar refractivity (Wildman–Crippen MR) is 73.8 cm³/mol. The second kappa shape index (κ2) is 3.77. The fourth-order valence-electron chi connectivity index (χ4n) is 2.12. The van der Waals surface area contributed by atoms with Crippen molar-refractivity contribution in [3.63, 3.8) is 0 Å². The predicted octanol–water partition coefficient (Wildman–Crippen LogP) is 2.51. The summed E-state index contributed by atoms with van der Waals surface area (Å²) in [5.74, 6) is 0. The van der Waals surface area contributed by atoms with Crippen molar-refractivity contribution >= 4 is 11.4 Å². The third-order valence-corrected chi connectivity index (χ3v) is 3.70. The Bertz CT molecular complexity index is 581. The van der Waals surface area contributed by atoms with Crippen molar-refractivity contribution in [2.24, 2.45) is 5.41 Å². The standard InChI is InChI=1S/C14H18N4/c1-14(4-5-14)9-18-8-11(7-17-18)10-2-3-12(15)13(16)6-10/h2-3,6-8H,4-5,9,15-16H2,1H3. The molecule has 4 nitrogen and oxygen atoms in total. The third-order valence-electron chi connectivity index (χ3n) is 3.70. The first-order chi connectivity index (χ1) is 8.56. The summed E-state index contributed by atoms with van der Waals surface area (Å²) in [6, 6.07) is 5.71. The summed E-state index contributed by atoms with van der Waals surface area (Å²) in [6.07, 6.45) is 6.57. The van der Waals surface area contributed by atoms with Crippen LogP contribution in [-0.4, -0.2) is 9.78 Å². The van der Waals surface area contributed by atoms with Gasteiger partial charge in [-0.05, 0) is 36.0 Å². The van der Waals surface area contributed by atoms with E-state index in [1.807, 2.05) is 29.1 Å². The Morgan fingerprint density at radius 2 is 2.00 bits per heavy atom. The zero-order chi connectivity index (χ0) is 12.8. The molecule has 0 bridgehead atoms. The lowest BCUT2D eigenvalue weighted by Gasteiger charge is -2.07. The number of hydrogen-bond donors (Lipinski definition) is 2. The summed E-state index contributed by atoms with van der Waals surface area (Å²) < 4.78 is 2.02. The Morgan fingerprint density at radius 3 is 2.67 bits per heavy atom. The molecular weight excluding hydrogens is 224 g/mol. The molecule has 0 amide bonds. The van der Waals surface area contributed by atoms with E-state index < -0.39 is 0 Å². The number of benzene rings is 1. The quantitative estimate of drug-likeness (QED) is 0.812. The number of hydrogen-bond acceptors (Lipinski definition) is 3. The lowest BCUT2D eigenvalue weighted by Crippen LogP contribution is -2.07. The fraction of sp³-hybridized carbons (Fsp3) is 0.357. The molecule has 1 aliphatic carbocycles. The Kier molecular flexibility index (Phi) is 2.33. The Hall–Kier alpha value is -1.97. The first-order valence-electron chi connectivity index (χ1n) is 6.24. The summed E-state index contributed by atoms with van der Waals surface area (Å²) in [5.41, 5.74) is 15.4. The summed E-state index contributed by atoms with van der Waals surface area (Å²) in [5, 5.41) is 4.41. The molecular formula is C14H18N4. The summed E-state index contributed by atoms with van der Waals surface area (Å²) in [7, 11) is 0. The van der Waals surface area contributed by atoms with Crippen molar-refractivity contribution < 1.29 is 0 Å². The van der Waals surface area contributed by atoms with E-state index in [9.17, 15) is 0 Å². The average Bonchev–Trinajstić information content (AvgIpc) is 2.88. The van der Waals surface area contributed by atoms with E-state index in [2.05, 4.69) is 18.2 Å². The van der Waals surface area contributed by atoms with E-state index >= 15 is 0 Å². The molecule has 0 radical (unpaired) electrons. The Balaban J connectivity index is 1.85. The molecule has 1 aromatic heterocycles. The van der Waals surface area contributed by atoms with Gasteiger partial charge in [0.15, 0.2) is 0 Å². The second-order valence-electron chi connectivity index (χ2n) is 5.58. The largest absolute Gasteiger partial charge is 0.397 e. The lowest BCUT2D eigenvalue weighted by molar-refractivity contribution is 0.433. The minimum Gasteiger partial charge on any atom is -0.397 e. The third kappa shape index (κ3) is 2.06. The normalized spacial score (nSPS) is 16.7. The second-order valence-corrected chi connectivity index (χ2v) is 5.58. The highest BCUT2D eigenvalue weighted by molar-refractivity contribution is 5.73. The van der Waals surface area contributed by atoms with Gasteiger partial charge in [-0.25, -0.2) is 0 Å².